The highest BCUT2D eigenvalue weighted by Gasteiger charge is 2.23. The number of ether oxygens (including phenoxy) is 1. The number of nitrogens with one attached hydrogen (secondary N) is 1. The van der Waals surface area contributed by atoms with Gasteiger partial charge in [0.2, 0.25) is 5.95 Å². The van der Waals surface area contributed by atoms with E-state index in [2.05, 4.69) is 15.4 Å². The third kappa shape index (κ3) is 3.11. The number of nitrogens with two attached hydrogens (primary N) is 1. The molecule has 92 valence electrons. The first kappa shape index (κ1) is 12.8. The van der Waals surface area contributed by atoms with Crippen molar-refractivity contribution in [3.63, 3.8) is 0 Å². The maximum Gasteiger partial charge on any atom is 0.352 e. The van der Waals surface area contributed by atoms with Gasteiger partial charge in [-0.3, -0.25) is 15.5 Å². The monoisotopic (exact) mass is 239 g/mol. The van der Waals surface area contributed by atoms with E-state index in [1.165, 1.54) is 6.92 Å². The van der Waals surface area contributed by atoms with E-state index in [9.17, 15) is 10.1 Å². The summed E-state index contributed by atoms with van der Waals surface area (Å²) in [4.78, 5) is 17.9. The zero-order chi connectivity index (χ0) is 12.8. The number of nitrogen functional groups attached to an aromatic ring is 1. The van der Waals surface area contributed by atoms with Crippen LogP contribution in [0.4, 0.5) is 11.6 Å². The minimum absolute atomic E-state index is 0.0728. The molecule has 8 heteroatoms. The number of allylic oxidation sites excluding steroid dienone is 1. The maximum absolute atomic E-state index is 10.9. The van der Waals surface area contributed by atoms with Crippen molar-refractivity contribution in [3.05, 3.63) is 28.0 Å². The predicted octanol–water partition coefficient (Wildman–Crippen LogP) is 0.934. The Bertz CT molecular complexity index is 447. The van der Waals surface area contributed by atoms with Gasteiger partial charge >= 0.3 is 5.69 Å². The molecule has 1 heterocycles. The molecule has 1 rings (SSSR count). The molecule has 0 aliphatic heterocycles. The SMILES string of the molecule is C/C=C/COc1nc(NN)nc(C)c1[N+](=O)[O-]. The number of aromatic nitrogens is 2. The average molecular weight is 239 g/mol. The van der Waals surface area contributed by atoms with Crippen LogP contribution >= 0.6 is 0 Å². The number of nitro groups is 1. The van der Waals surface area contributed by atoms with Crippen molar-refractivity contribution < 1.29 is 9.66 Å². The van der Waals surface area contributed by atoms with Gasteiger partial charge in [-0.25, -0.2) is 10.8 Å². The molecule has 17 heavy (non-hydrogen) atoms. The lowest BCUT2D eigenvalue weighted by Crippen LogP contribution is -2.13. The fourth-order valence-electron chi connectivity index (χ4n) is 1.14. The summed E-state index contributed by atoms with van der Waals surface area (Å²) in [6, 6.07) is 0. The summed E-state index contributed by atoms with van der Waals surface area (Å²) in [5.74, 6) is 5.12. The van der Waals surface area contributed by atoms with Crippen LogP contribution in [0.1, 0.15) is 12.6 Å². The first-order valence-electron chi connectivity index (χ1n) is 4.83. The third-order valence-electron chi connectivity index (χ3n) is 1.89. The molecule has 0 atom stereocenters. The molecule has 0 bridgehead atoms. The predicted molar refractivity (Wildman–Crippen MR) is 61.5 cm³/mol. The number of hydrogen-bond acceptors (Lipinski definition) is 7. The van der Waals surface area contributed by atoms with Crippen LogP contribution in [0, 0.1) is 17.0 Å². The van der Waals surface area contributed by atoms with Crippen molar-refractivity contribution in [2.45, 2.75) is 13.8 Å². The molecule has 0 aliphatic rings. The molecule has 1 aromatic heterocycles. The van der Waals surface area contributed by atoms with E-state index in [1.807, 2.05) is 6.92 Å². The zero-order valence-electron chi connectivity index (χ0n) is 9.51. The molecule has 3 N–H and O–H groups in total. The van der Waals surface area contributed by atoms with E-state index >= 15 is 0 Å². The molecule has 0 unspecified atom stereocenters. The zero-order valence-corrected chi connectivity index (χ0v) is 9.51. The molecule has 8 nitrogen and oxygen atoms in total. The molecular weight excluding hydrogens is 226 g/mol. The normalized spacial score (nSPS) is 10.5. The Balaban J connectivity index is 3.13. The molecule has 1 aromatic rings. The third-order valence-corrected chi connectivity index (χ3v) is 1.89. The largest absolute Gasteiger partial charge is 0.468 e. The fourth-order valence-corrected chi connectivity index (χ4v) is 1.14. The minimum atomic E-state index is -0.583. The van der Waals surface area contributed by atoms with E-state index < -0.39 is 4.92 Å². The fraction of sp³-hybridized carbons (Fsp3) is 0.333. The molecule has 0 amide bonds. The molecule has 0 aromatic carbocycles. The smallest absolute Gasteiger partial charge is 0.352 e. The van der Waals surface area contributed by atoms with Crippen molar-refractivity contribution in [2.75, 3.05) is 12.0 Å². The quantitative estimate of drug-likeness (QED) is 0.340. The molecule has 0 spiro atoms. The summed E-state index contributed by atoms with van der Waals surface area (Å²) in [6.07, 6.45) is 3.47. The summed E-state index contributed by atoms with van der Waals surface area (Å²) < 4.78 is 5.19. The molecular formula is C9H13N5O3. The van der Waals surface area contributed by atoms with Crippen LogP contribution in [0.5, 0.6) is 5.88 Å². The van der Waals surface area contributed by atoms with Crippen LogP contribution < -0.4 is 16.0 Å². The van der Waals surface area contributed by atoms with Crippen molar-refractivity contribution >= 4 is 11.6 Å². The van der Waals surface area contributed by atoms with Crippen LogP contribution in [0.2, 0.25) is 0 Å². The summed E-state index contributed by atoms with van der Waals surface area (Å²) in [7, 11) is 0. The van der Waals surface area contributed by atoms with Gasteiger partial charge in [0, 0.05) is 0 Å². The van der Waals surface area contributed by atoms with Gasteiger partial charge in [0.1, 0.15) is 12.3 Å². The second-order valence-corrected chi connectivity index (χ2v) is 3.07. The Kier molecular flexibility index (Phi) is 4.35. The van der Waals surface area contributed by atoms with Gasteiger partial charge < -0.3 is 4.74 Å². The second kappa shape index (κ2) is 5.75. The van der Waals surface area contributed by atoms with Crippen LogP contribution in [0.25, 0.3) is 0 Å². The molecule has 0 saturated carbocycles. The second-order valence-electron chi connectivity index (χ2n) is 3.07. The average Bonchev–Trinajstić information content (AvgIpc) is 2.28. The number of anilines is 1. The van der Waals surface area contributed by atoms with Gasteiger partial charge in [-0.15, -0.1) is 0 Å². The van der Waals surface area contributed by atoms with E-state index in [4.69, 9.17) is 10.6 Å². The van der Waals surface area contributed by atoms with Crippen molar-refractivity contribution in [3.8, 4) is 5.88 Å². The summed E-state index contributed by atoms with van der Waals surface area (Å²) in [5.41, 5.74) is 2.15. The summed E-state index contributed by atoms with van der Waals surface area (Å²) >= 11 is 0. The van der Waals surface area contributed by atoms with Gasteiger partial charge in [-0.05, 0) is 13.8 Å². The maximum atomic E-state index is 10.9. The summed E-state index contributed by atoms with van der Waals surface area (Å²) in [5, 5.41) is 10.9. The minimum Gasteiger partial charge on any atom is -0.468 e. The lowest BCUT2D eigenvalue weighted by molar-refractivity contribution is -0.387. The number of aryl methyl sites for hydroxylation is 1. The van der Waals surface area contributed by atoms with Gasteiger partial charge in [-0.2, -0.15) is 4.98 Å². The van der Waals surface area contributed by atoms with E-state index in [-0.39, 0.29) is 29.8 Å². The Labute approximate surface area is 97.6 Å². The number of nitrogens with zero attached hydrogens (tertiary/aromatic N) is 3. The Morgan fingerprint density at radius 1 is 1.59 bits per heavy atom. The lowest BCUT2D eigenvalue weighted by atomic mass is 10.3. The Morgan fingerprint density at radius 3 is 2.82 bits per heavy atom. The van der Waals surface area contributed by atoms with Crippen molar-refractivity contribution in [2.24, 2.45) is 5.84 Å². The topological polar surface area (TPSA) is 116 Å². The van der Waals surface area contributed by atoms with Gasteiger partial charge in [-0.1, -0.05) is 12.2 Å². The van der Waals surface area contributed by atoms with Crippen LogP contribution in [-0.2, 0) is 0 Å². The first-order chi connectivity index (χ1) is 8.10. The Morgan fingerprint density at radius 2 is 2.29 bits per heavy atom. The van der Waals surface area contributed by atoms with E-state index in [1.54, 1.807) is 12.2 Å². The summed E-state index contributed by atoms with van der Waals surface area (Å²) in [6.45, 7) is 3.50. The number of hydrazine groups is 1. The van der Waals surface area contributed by atoms with Crippen LogP contribution in [-0.4, -0.2) is 21.5 Å². The Hall–Kier alpha value is -2.22. The van der Waals surface area contributed by atoms with Gasteiger partial charge in [0.05, 0.1) is 4.92 Å². The number of rotatable bonds is 5. The van der Waals surface area contributed by atoms with Crippen molar-refractivity contribution in [1.29, 1.82) is 0 Å². The lowest BCUT2D eigenvalue weighted by Gasteiger charge is -2.06. The molecule has 0 radical (unpaired) electrons. The highest BCUT2D eigenvalue weighted by molar-refractivity contribution is 5.48. The standard InChI is InChI=1S/C9H13N5O3/c1-3-4-5-17-8-7(14(15)16)6(2)11-9(12-8)13-10/h3-4H,5,10H2,1-2H3,(H,11,12,13)/b4-3+. The molecule has 0 fully saturated rings. The van der Waals surface area contributed by atoms with Crippen LogP contribution in [0.15, 0.2) is 12.2 Å². The van der Waals surface area contributed by atoms with Gasteiger partial charge in [0.15, 0.2) is 0 Å². The number of hydrogen-bond donors (Lipinski definition) is 2. The van der Waals surface area contributed by atoms with Crippen LogP contribution in [0.3, 0.4) is 0 Å². The van der Waals surface area contributed by atoms with Gasteiger partial charge in [0.25, 0.3) is 5.88 Å². The molecule has 0 aliphatic carbocycles. The highest BCUT2D eigenvalue weighted by Crippen LogP contribution is 2.28. The highest BCUT2D eigenvalue weighted by atomic mass is 16.6. The van der Waals surface area contributed by atoms with E-state index in [0.717, 1.165) is 0 Å². The first-order valence-corrected chi connectivity index (χ1v) is 4.83. The van der Waals surface area contributed by atoms with E-state index in [0.29, 0.717) is 0 Å². The molecule has 0 saturated heterocycles. The van der Waals surface area contributed by atoms with Crippen molar-refractivity contribution in [1.82, 2.24) is 9.97 Å².